The first kappa shape index (κ1) is 17.0. The Balaban J connectivity index is 2.94. The highest BCUT2D eigenvalue weighted by molar-refractivity contribution is 5.27. The highest BCUT2D eigenvalue weighted by atomic mass is 16.5. The fraction of sp³-hybridized carbons (Fsp3) is 0.706. The molecule has 1 rings (SSSR count). The van der Waals surface area contributed by atoms with Gasteiger partial charge in [-0.3, -0.25) is 4.98 Å². The highest BCUT2D eigenvalue weighted by Crippen LogP contribution is 2.36. The van der Waals surface area contributed by atoms with Crippen molar-refractivity contribution >= 4 is 0 Å². The third-order valence-electron chi connectivity index (χ3n) is 3.83. The van der Waals surface area contributed by atoms with E-state index in [0.29, 0.717) is 6.04 Å². The van der Waals surface area contributed by atoms with Crippen molar-refractivity contribution < 1.29 is 4.74 Å². The Kier molecular flexibility index (Phi) is 7.00. The van der Waals surface area contributed by atoms with Crippen LogP contribution < -0.4 is 10.1 Å². The van der Waals surface area contributed by atoms with Gasteiger partial charge < -0.3 is 10.1 Å². The minimum absolute atomic E-state index is 0.195. The van der Waals surface area contributed by atoms with E-state index in [-0.39, 0.29) is 5.41 Å². The molecule has 3 heteroatoms. The van der Waals surface area contributed by atoms with E-state index < -0.39 is 0 Å². The first-order valence-corrected chi connectivity index (χ1v) is 7.86. The van der Waals surface area contributed by atoms with Crippen LogP contribution in [0.1, 0.15) is 65.5 Å². The molecule has 1 unspecified atom stereocenters. The molecule has 1 heterocycles. The van der Waals surface area contributed by atoms with Crippen LogP contribution in [0.15, 0.2) is 18.5 Å². The zero-order valence-electron chi connectivity index (χ0n) is 13.7. The van der Waals surface area contributed by atoms with Gasteiger partial charge in [0.25, 0.3) is 0 Å². The molecule has 0 saturated heterocycles. The van der Waals surface area contributed by atoms with Gasteiger partial charge in [-0.15, -0.1) is 0 Å². The van der Waals surface area contributed by atoms with Crippen LogP contribution in [0.4, 0.5) is 0 Å². The molecule has 0 aromatic carbocycles. The molecule has 3 nitrogen and oxygen atoms in total. The fourth-order valence-electron chi connectivity index (χ4n) is 2.23. The standard InChI is InChI=1S/C17H30N2O/c1-6-9-19-16(17(4,5)8-3)14-11-15(13-18-12-14)20-10-7-2/h11-13,16,19H,6-10H2,1-5H3. The molecule has 20 heavy (non-hydrogen) atoms. The molecule has 114 valence electrons. The number of aromatic nitrogens is 1. The van der Waals surface area contributed by atoms with E-state index in [4.69, 9.17) is 4.74 Å². The quantitative estimate of drug-likeness (QED) is 0.729. The predicted octanol–water partition coefficient (Wildman–Crippen LogP) is 4.35. The van der Waals surface area contributed by atoms with Crippen LogP contribution in [0.5, 0.6) is 5.75 Å². The molecule has 0 aliphatic heterocycles. The van der Waals surface area contributed by atoms with E-state index in [1.807, 2.05) is 6.20 Å². The maximum Gasteiger partial charge on any atom is 0.137 e. The average molecular weight is 278 g/mol. The van der Waals surface area contributed by atoms with Crippen LogP contribution >= 0.6 is 0 Å². The maximum absolute atomic E-state index is 5.71. The molecule has 0 aliphatic rings. The van der Waals surface area contributed by atoms with Gasteiger partial charge in [-0.1, -0.05) is 34.6 Å². The van der Waals surface area contributed by atoms with Gasteiger partial charge in [0.05, 0.1) is 12.8 Å². The summed E-state index contributed by atoms with van der Waals surface area (Å²) in [6.07, 6.45) is 7.03. The molecule has 0 bridgehead atoms. The number of hydrogen-bond donors (Lipinski definition) is 1. The van der Waals surface area contributed by atoms with Crippen molar-refractivity contribution in [1.29, 1.82) is 0 Å². The number of ether oxygens (including phenoxy) is 1. The largest absolute Gasteiger partial charge is 0.492 e. The van der Waals surface area contributed by atoms with E-state index in [9.17, 15) is 0 Å². The molecule has 0 radical (unpaired) electrons. The third kappa shape index (κ3) is 4.78. The average Bonchev–Trinajstić information content (AvgIpc) is 2.46. The Labute approximate surface area is 124 Å². The lowest BCUT2D eigenvalue weighted by molar-refractivity contribution is 0.233. The van der Waals surface area contributed by atoms with Crippen LogP contribution in [0, 0.1) is 5.41 Å². The summed E-state index contributed by atoms with van der Waals surface area (Å²) in [5, 5.41) is 3.66. The van der Waals surface area contributed by atoms with Crippen molar-refractivity contribution in [3.63, 3.8) is 0 Å². The second-order valence-corrected chi connectivity index (χ2v) is 6.03. The zero-order chi connectivity index (χ0) is 15.0. The summed E-state index contributed by atoms with van der Waals surface area (Å²) in [7, 11) is 0. The number of hydrogen-bond acceptors (Lipinski definition) is 3. The molecule has 0 saturated carbocycles. The van der Waals surface area contributed by atoms with Crippen molar-refractivity contribution in [3.8, 4) is 5.75 Å². The monoisotopic (exact) mass is 278 g/mol. The van der Waals surface area contributed by atoms with Crippen LogP contribution in [0.2, 0.25) is 0 Å². The topological polar surface area (TPSA) is 34.2 Å². The maximum atomic E-state index is 5.71. The number of rotatable bonds is 9. The number of nitrogens with one attached hydrogen (secondary N) is 1. The first-order valence-electron chi connectivity index (χ1n) is 7.86. The first-order chi connectivity index (χ1) is 9.55. The van der Waals surface area contributed by atoms with Crippen LogP contribution in [-0.2, 0) is 0 Å². The van der Waals surface area contributed by atoms with Crippen molar-refractivity contribution in [2.75, 3.05) is 13.2 Å². The molecular weight excluding hydrogens is 248 g/mol. The van der Waals surface area contributed by atoms with Gasteiger partial charge in [-0.25, -0.2) is 0 Å². The Hall–Kier alpha value is -1.09. The van der Waals surface area contributed by atoms with Crippen molar-refractivity contribution in [3.05, 3.63) is 24.0 Å². The highest BCUT2D eigenvalue weighted by Gasteiger charge is 2.29. The summed E-state index contributed by atoms with van der Waals surface area (Å²) in [6.45, 7) is 12.9. The molecule has 1 atom stereocenters. The van der Waals surface area contributed by atoms with Gasteiger partial charge in [0, 0.05) is 12.2 Å². The molecule has 1 aromatic heterocycles. The Morgan fingerprint density at radius 3 is 2.55 bits per heavy atom. The fourth-order valence-corrected chi connectivity index (χ4v) is 2.23. The Bertz CT molecular complexity index is 390. The van der Waals surface area contributed by atoms with Crippen molar-refractivity contribution in [2.24, 2.45) is 5.41 Å². The van der Waals surface area contributed by atoms with Gasteiger partial charge in [0.1, 0.15) is 5.75 Å². The summed E-state index contributed by atoms with van der Waals surface area (Å²) in [4.78, 5) is 4.35. The summed E-state index contributed by atoms with van der Waals surface area (Å²) >= 11 is 0. The molecule has 0 spiro atoms. The Morgan fingerprint density at radius 1 is 1.20 bits per heavy atom. The van der Waals surface area contributed by atoms with Gasteiger partial charge in [-0.2, -0.15) is 0 Å². The Morgan fingerprint density at radius 2 is 1.95 bits per heavy atom. The van der Waals surface area contributed by atoms with Gasteiger partial charge in [0.15, 0.2) is 0 Å². The number of pyridine rings is 1. The van der Waals surface area contributed by atoms with Gasteiger partial charge in [0.2, 0.25) is 0 Å². The zero-order valence-corrected chi connectivity index (χ0v) is 13.7. The van der Waals surface area contributed by atoms with Crippen LogP contribution in [-0.4, -0.2) is 18.1 Å². The lowest BCUT2D eigenvalue weighted by Gasteiger charge is -2.34. The minimum Gasteiger partial charge on any atom is -0.492 e. The third-order valence-corrected chi connectivity index (χ3v) is 3.83. The second kappa shape index (κ2) is 8.25. The van der Waals surface area contributed by atoms with Crippen LogP contribution in [0.25, 0.3) is 0 Å². The lowest BCUT2D eigenvalue weighted by Crippen LogP contribution is -2.34. The number of nitrogens with zero attached hydrogens (tertiary/aromatic N) is 1. The molecular formula is C17H30N2O. The molecule has 1 aromatic rings. The minimum atomic E-state index is 0.195. The lowest BCUT2D eigenvalue weighted by atomic mass is 9.78. The van der Waals surface area contributed by atoms with E-state index in [1.54, 1.807) is 6.20 Å². The van der Waals surface area contributed by atoms with Crippen molar-refractivity contribution in [2.45, 2.75) is 59.9 Å². The summed E-state index contributed by atoms with van der Waals surface area (Å²) in [6, 6.07) is 2.44. The summed E-state index contributed by atoms with van der Waals surface area (Å²) in [5.74, 6) is 0.875. The molecule has 1 N–H and O–H groups in total. The van der Waals surface area contributed by atoms with E-state index in [1.165, 1.54) is 5.56 Å². The van der Waals surface area contributed by atoms with E-state index in [0.717, 1.165) is 38.2 Å². The predicted molar refractivity (Wildman–Crippen MR) is 85.1 cm³/mol. The molecule has 0 aliphatic carbocycles. The normalized spacial score (nSPS) is 13.2. The van der Waals surface area contributed by atoms with E-state index >= 15 is 0 Å². The molecule has 0 fully saturated rings. The van der Waals surface area contributed by atoms with Crippen molar-refractivity contribution in [1.82, 2.24) is 10.3 Å². The second-order valence-electron chi connectivity index (χ2n) is 6.03. The van der Waals surface area contributed by atoms with Crippen LogP contribution in [0.3, 0.4) is 0 Å². The smallest absolute Gasteiger partial charge is 0.137 e. The van der Waals surface area contributed by atoms with E-state index in [2.05, 4.69) is 51.0 Å². The van der Waals surface area contributed by atoms with Gasteiger partial charge in [-0.05, 0) is 42.9 Å². The summed E-state index contributed by atoms with van der Waals surface area (Å²) < 4.78 is 5.71. The summed E-state index contributed by atoms with van der Waals surface area (Å²) in [5.41, 5.74) is 1.42. The van der Waals surface area contributed by atoms with Gasteiger partial charge >= 0.3 is 0 Å². The molecule has 0 amide bonds. The SMILES string of the molecule is CCCNC(c1cncc(OCCC)c1)C(C)(C)CC.